The van der Waals surface area contributed by atoms with E-state index in [1.165, 1.54) is 24.3 Å². The molecule has 0 saturated carbocycles. The smallest absolute Gasteiger partial charge is 0.335 e. The molecule has 0 fully saturated rings. The molecule has 0 aliphatic carbocycles. The predicted octanol–water partition coefficient (Wildman–Crippen LogP) is 4.72. The van der Waals surface area contributed by atoms with Gasteiger partial charge in [-0.3, -0.25) is 14.4 Å². The molecule has 0 aromatic heterocycles. The van der Waals surface area contributed by atoms with Crippen LogP contribution in [0.25, 0.3) is 0 Å². The van der Waals surface area contributed by atoms with Crippen LogP contribution in [0.2, 0.25) is 0 Å². The molecule has 184 valence electrons. The summed E-state index contributed by atoms with van der Waals surface area (Å²) < 4.78 is 0. The summed E-state index contributed by atoms with van der Waals surface area (Å²) in [5.74, 6) is -2.14. The third-order valence-electron chi connectivity index (χ3n) is 5.37. The van der Waals surface area contributed by atoms with E-state index in [1.54, 1.807) is 72.8 Å². The Kier molecular flexibility index (Phi) is 7.25. The van der Waals surface area contributed by atoms with Crippen molar-refractivity contribution in [2.75, 3.05) is 21.7 Å². The second kappa shape index (κ2) is 10.9. The van der Waals surface area contributed by atoms with Crippen LogP contribution in [0.5, 0.6) is 0 Å². The number of benzene rings is 4. The first-order valence-electron chi connectivity index (χ1n) is 11.1. The Balaban J connectivity index is 1.32. The Hall–Kier alpha value is -5.44. The van der Waals surface area contributed by atoms with Gasteiger partial charge in [-0.05, 0) is 97.1 Å². The normalized spacial score (nSPS) is 10.3. The molecule has 0 bridgehead atoms. The third kappa shape index (κ3) is 6.37. The molecule has 6 N–H and O–H groups in total. The standard InChI is InChI=1S/C28H22N4O5/c29-21-9-11-22(12-10-21)30-25(33)17-1-3-18(4-2-17)26(34)31-23-13-15-24(16-14-23)32-27(35)19-5-7-20(8-6-19)28(36)37/h1-16H,29H2,(H,30,33)(H,31,34)(H,32,35)(H,36,37). The maximum Gasteiger partial charge on any atom is 0.335 e. The fourth-order valence-corrected chi connectivity index (χ4v) is 3.35. The lowest BCUT2D eigenvalue weighted by Gasteiger charge is -2.09. The Bertz CT molecular complexity index is 1450. The minimum atomic E-state index is -1.07. The SMILES string of the molecule is Nc1ccc(NC(=O)c2ccc(C(=O)Nc3ccc(NC(=O)c4ccc(C(=O)O)cc4)cc3)cc2)cc1. The number of hydrogen-bond acceptors (Lipinski definition) is 5. The number of hydrogen-bond donors (Lipinski definition) is 5. The maximum absolute atomic E-state index is 12.6. The molecule has 0 aliphatic heterocycles. The molecule has 9 nitrogen and oxygen atoms in total. The van der Waals surface area contributed by atoms with Crippen LogP contribution in [0.1, 0.15) is 41.4 Å². The van der Waals surface area contributed by atoms with Crippen molar-refractivity contribution in [3.05, 3.63) is 119 Å². The van der Waals surface area contributed by atoms with Gasteiger partial charge in [-0.2, -0.15) is 0 Å². The van der Waals surface area contributed by atoms with E-state index in [0.717, 1.165) is 0 Å². The van der Waals surface area contributed by atoms with Gasteiger partial charge in [0.1, 0.15) is 0 Å². The largest absolute Gasteiger partial charge is 0.478 e. The monoisotopic (exact) mass is 494 g/mol. The zero-order valence-corrected chi connectivity index (χ0v) is 19.4. The van der Waals surface area contributed by atoms with Crippen molar-refractivity contribution in [3.8, 4) is 0 Å². The predicted molar refractivity (Wildman–Crippen MR) is 141 cm³/mol. The first kappa shape index (κ1) is 24.7. The van der Waals surface area contributed by atoms with Crippen LogP contribution in [0, 0.1) is 0 Å². The molecule has 9 heteroatoms. The number of nitrogens with one attached hydrogen (secondary N) is 3. The Morgan fingerprint density at radius 1 is 0.459 bits per heavy atom. The zero-order valence-electron chi connectivity index (χ0n) is 19.4. The molecule has 0 heterocycles. The van der Waals surface area contributed by atoms with Crippen molar-refractivity contribution >= 4 is 46.4 Å². The Labute approximate surface area is 211 Å². The summed E-state index contributed by atoms with van der Waals surface area (Å²) >= 11 is 0. The topological polar surface area (TPSA) is 151 Å². The van der Waals surface area contributed by atoms with Gasteiger partial charge in [0.2, 0.25) is 0 Å². The van der Waals surface area contributed by atoms with Crippen LogP contribution in [0.15, 0.2) is 97.1 Å². The summed E-state index contributed by atoms with van der Waals surface area (Å²) in [5, 5.41) is 17.2. The van der Waals surface area contributed by atoms with Gasteiger partial charge < -0.3 is 26.8 Å². The lowest BCUT2D eigenvalue weighted by molar-refractivity contribution is 0.0696. The highest BCUT2D eigenvalue weighted by atomic mass is 16.4. The van der Waals surface area contributed by atoms with E-state index in [1.807, 2.05) is 0 Å². The highest BCUT2D eigenvalue weighted by Gasteiger charge is 2.11. The van der Waals surface area contributed by atoms with Crippen LogP contribution in [0.4, 0.5) is 22.7 Å². The van der Waals surface area contributed by atoms with E-state index in [-0.39, 0.29) is 17.4 Å². The van der Waals surface area contributed by atoms with Crippen molar-refractivity contribution in [3.63, 3.8) is 0 Å². The fourth-order valence-electron chi connectivity index (χ4n) is 3.35. The molecule has 4 rings (SSSR count). The third-order valence-corrected chi connectivity index (χ3v) is 5.37. The molecule has 4 aromatic rings. The van der Waals surface area contributed by atoms with E-state index in [2.05, 4.69) is 16.0 Å². The van der Waals surface area contributed by atoms with E-state index in [9.17, 15) is 19.2 Å². The molecule has 0 unspecified atom stereocenters. The number of carboxylic acids is 1. The number of amides is 3. The lowest BCUT2D eigenvalue weighted by Crippen LogP contribution is -2.14. The number of aromatic carboxylic acids is 1. The highest BCUT2D eigenvalue weighted by molar-refractivity contribution is 6.08. The molecular formula is C28H22N4O5. The van der Waals surface area contributed by atoms with E-state index >= 15 is 0 Å². The Morgan fingerprint density at radius 2 is 0.730 bits per heavy atom. The van der Waals surface area contributed by atoms with Gasteiger partial charge in [0.15, 0.2) is 0 Å². The molecule has 0 saturated heterocycles. The van der Waals surface area contributed by atoms with Crippen molar-refractivity contribution in [1.82, 2.24) is 0 Å². The maximum atomic E-state index is 12.6. The Morgan fingerprint density at radius 3 is 1.03 bits per heavy atom. The first-order valence-corrected chi connectivity index (χ1v) is 11.1. The van der Waals surface area contributed by atoms with E-state index in [0.29, 0.717) is 39.4 Å². The van der Waals surface area contributed by atoms with Crippen molar-refractivity contribution in [2.24, 2.45) is 0 Å². The minimum Gasteiger partial charge on any atom is -0.478 e. The number of anilines is 4. The second-order valence-electron chi connectivity index (χ2n) is 8.02. The van der Waals surface area contributed by atoms with Crippen molar-refractivity contribution in [2.45, 2.75) is 0 Å². The number of nitrogens with two attached hydrogens (primary N) is 1. The molecule has 0 aliphatic rings. The molecule has 4 aromatic carbocycles. The zero-order chi connectivity index (χ0) is 26.4. The van der Waals surface area contributed by atoms with Crippen LogP contribution in [-0.4, -0.2) is 28.8 Å². The van der Waals surface area contributed by atoms with Crippen LogP contribution >= 0.6 is 0 Å². The average molecular weight is 495 g/mol. The number of carbonyl (C=O) groups excluding carboxylic acids is 3. The fraction of sp³-hybridized carbons (Fsp3) is 0. The number of nitrogen functional groups attached to an aromatic ring is 1. The molecule has 37 heavy (non-hydrogen) atoms. The van der Waals surface area contributed by atoms with Gasteiger partial charge in [-0.1, -0.05) is 0 Å². The summed E-state index contributed by atoms with van der Waals surface area (Å²) in [5.41, 5.74) is 9.03. The number of rotatable bonds is 7. The van der Waals surface area contributed by atoms with Gasteiger partial charge in [0, 0.05) is 39.4 Å². The summed E-state index contributed by atoms with van der Waals surface area (Å²) in [4.78, 5) is 48.3. The van der Waals surface area contributed by atoms with Gasteiger partial charge in [-0.15, -0.1) is 0 Å². The van der Waals surface area contributed by atoms with Crippen LogP contribution in [0.3, 0.4) is 0 Å². The van der Waals surface area contributed by atoms with Gasteiger partial charge >= 0.3 is 5.97 Å². The average Bonchev–Trinajstić information content (AvgIpc) is 2.91. The van der Waals surface area contributed by atoms with Gasteiger partial charge in [-0.25, -0.2) is 4.79 Å². The summed E-state index contributed by atoms with van der Waals surface area (Å²) in [6.07, 6.45) is 0. The molecular weight excluding hydrogens is 472 g/mol. The quantitative estimate of drug-likeness (QED) is 0.235. The number of carbonyl (C=O) groups is 4. The molecule has 0 atom stereocenters. The lowest BCUT2D eigenvalue weighted by atomic mass is 10.1. The van der Waals surface area contributed by atoms with Crippen LogP contribution < -0.4 is 21.7 Å². The molecule has 0 radical (unpaired) electrons. The number of carboxylic acid groups (broad SMARTS) is 1. The summed E-state index contributed by atoms with van der Waals surface area (Å²) in [6.45, 7) is 0. The first-order chi connectivity index (χ1) is 17.8. The summed E-state index contributed by atoms with van der Waals surface area (Å²) in [7, 11) is 0. The van der Waals surface area contributed by atoms with Gasteiger partial charge in [0.05, 0.1) is 5.56 Å². The van der Waals surface area contributed by atoms with Gasteiger partial charge in [0.25, 0.3) is 17.7 Å². The minimum absolute atomic E-state index is 0.0905. The summed E-state index contributed by atoms with van der Waals surface area (Å²) in [6, 6.07) is 25.1. The van der Waals surface area contributed by atoms with Crippen molar-refractivity contribution < 1.29 is 24.3 Å². The molecule has 3 amide bonds. The van der Waals surface area contributed by atoms with E-state index in [4.69, 9.17) is 10.8 Å². The highest BCUT2D eigenvalue weighted by Crippen LogP contribution is 2.17. The van der Waals surface area contributed by atoms with E-state index < -0.39 is 11.9 Å². The van der Waals surface area contributed by atoms with Crippen molar-refractivity contribution in [1.29, 1.82) is 0 Å². The second-order valence-corrected chi connectivity index (χ2v) is 8.02. The van der Waals surface area contributed by atoms with Crippen LogP contribution in [-0.2, 0) is 0 Å². The molecule has 0 spiro atoms.